The maximum absolute atomic E-state index is 15.2. The molecule has 1 spiro atoms. The van der Waals surface area contributed by atoms with Crippen LogP contribution in [0.15, 0.2) is 72.9 Å². The molecule has 272 valence electrons. The van der Waals surface area contributed by atoms with Gasteiger partial charge in [0.25, 0.3) is 11.6 Å². The third-order valence-corrected chi connectivity index (χ3v) is 15.6. The van der Waals surface area contributed by atoms with Gasteiger partial charge in [0.1, 0.15) is 5.75 Å². The van der Waals surface area contributed by atoms with Crippen molar-refractivity contribution in [1.82, 2.24) is 15.0 Å². The van der Waals surface area contributed by atoms with Gasteiger partial charge in [0.15, 0.2) is 5.60 Å². The van der Waals surface area contributed by atoms with E-state index in [0.717, 1.165) is 23.4 Å². The molecule has 3 aliphatic heterocycles. The Bertz CT molecular complexity index is 2000. The first-order valence-electron chi connectivity index (χ1n) is 17.8. The topological polar surface area (TPSA) is 153 Å². The number of anilines is 2. The van der Waals surface area contributed by atoms with E-state index < -0.39 is 24.7 Å². The average Bonchev–Trinajstić information content (AvgIpc) is 3.90. The smallest absolute Gasteiger partial charge is 0.269 e. The van der Waals surface area contributed by atoms with Crippen LogP contribution in [0.3, 0.4) is 0 Å². The molecule has 7 rings (SSSR count). The van der Waals surface area contributed by atoms with E-state index in [0.29, 0.717) is 49.3 Å². The predicted octanol–water partition coefficient (Wildman–Crippen LogP) is 4.71. The van der Waals surface area contributed by atoms with Crippen molar-refractivity contribution in [3.05, 3.63) is 99.9 Å². The summed E-state index contributed by atoms with van der Waals surface area (Å²) in [5.74, 6) is 0.226. The van der Waals surface area contributed by atoms with Gasteiger partial charge in [-0.2, -0.15) is 0 Å². The summed E-state index contributed by atoms with van der Waals surface area (Å²) in [5, 5.41) is 31.2. The van der Waals surface area contributed by atoms with E-state index in [1.807, 2.05) is 42.6 Å². The van der Waals surface area contributed by atoms with Crippen molar-refractivity contribution < 1.29 is 29.1 Å². The van der Waals surface area contributed by atoms with Crippen LogP contribution >= 0.6 is 0 Å². The number of aryl methyl sites for hydroxylation is 1. The summed E-state index contributed by atoms with van der Waals surface area (Å²) >= 11 is 0. The molecule has 0 unspecified atom stereocenters. The number of ether oxygens (including phenoxy) is 2. The van der Waals surface area contributed by atoms with Gasteiger partial charge in [-0.15, -0.1) is 5.10 Å². The van der Waals surface area contributed by atoms with Crippen molar-refractivity contribution in [1.29, 1.82) is 0 Å². The first-order chi connectivity index (χ1) is 25.0. The number of aromatic nitrogens is 3. The van der Waals surface area contributed by atoms with Crippen molar-refractivity contribution in [3.8, 4) is 5.75 Å². The molecule has 13 nitrogen and oxygen atoms in total. The molecule has 3 aliphatic rings. The highest BCUT2D eigenvalue weighted by molar-refractivity contribution is 6.91. The number of carbonyl (C=O) groups is 2. The summed E-state index contributed by atoms with van der Waals surface area (Å²) in [6.45, 7) is 7.93. The largest absolute Gasteiger partial charge is 0.497 e. The number of amides is 2. The van der Waals surface area contributed by atoms with Crippen LogP contribution in [0, 0.1) is 16.0 Å². The van der Waals surface area contributed by atoms with Gasteiger partial charge in [-0.05, 0) is 54.3 Å². The molecule has 2 fully saturated rings. The predicted molar refractivity (Wildman–Crippen MR) is 197 cm³/mol. The summed E-state index contributed by atoms with van der Waals surface area (Å²) in [5.41, 5.74) is 1.74. The zero-order valence-corrected chi connectivity index (χ0v) is 30.9. The monoisotopic (exact) mass is 724 g/mol. The Hall–Kier alpha value is -4.92. The molecule has 0 saturated carbocycles. The van der Waals surface area contributed by atoms with E-state index in [4.69, 9.17) is 9.47 Å². The molecule has 1 aromatic heterocycles. The lowest BCUT2D eigenvalue weighted by atomic mass is 9.82. The zero-order valence-electron chi connectivity index (χ0n) is 29.9. The Morgan fingerprint density at radius 3 is 2.60 bits per heavy atom. The van der Waals surface area contributed by atoms with E-state index in [-0.39, 0.29) is 42.1 Å². The number of aliphatic hydroxyl groups is 1. The van der Waals surface area contributed by atoms with Gasteiger partial charge in [0, 0.05) is 68.0 Å². The molecule has 4 aromatic rings. The molecular formula is C38H44N6O7Si. The number of nitrogens with zero attached hydrogens (tertiary/aromatic N) is 6. The number of methoxy groups -OCH3 is 1. The second-order valence-corrected chi connectivity index (χ2v) is 19.2. The Balaban J connectivity index is 1.30. The normalized spacial score (nSPS) is 22.8. The second-order valence-electron chi connectivity index (χ2n) is 14.6. The first kappa shape index (κ1) is 35.5. The molecule has 4 atom stereocenters. The summed E-state index contributed by atoms with van der Waals surface area (Å²) in [7, 11) is -0.824. The molecule has 52 heavy (non-hydrogen) atoms. The minimum atomic E-state index is -2.46. The maximum Gasteiger partial charge on any atom is 0.269 e. The van der Waals surface area contributed by atoms with Crippen LogP contribution < -0.4 is 19.7 Å². The van der Waals surface area contributed by atoms with Crippen molar-refractivity contribution in [2.75, 3.05) is 30.1 Å². The number of aliphatic hydroxyl groups excluding tert-OH is 1. The molecule has 3 aromatic carbocycles. The lowest BCUT2D eigenvalue weighted by Gasteiger charge is -2.37. The van der Waals surface area contributed by atoms with Crippen molar-refractivity contribution >= 4 is 42.1 Å². The number of hydrogen-bond donors (Lipinski definition) is 1. The molecule has 2 amide bonds. The van der Waals surface area contributed by atoms with E-state index >= 15 is 4.79 Å². The standard InChI is InChI=1S/C38H44N6O7Si/c1-25-36(52(3,4)31-13-11-30(50-2)12-14-31)34(16-19-41-24-27(17-20-45)39-40-41)51-38(25)32-22-29(44(48)49)10-15-33(32)43(37(38)47)23-26-7-5-8-28(21-26)42-18-6-9-35(42)46/h5,7-8,10-15,21-22,24-25,34,36,45H,6,9,16-20,23H2,1-4H3/t25-,34+,36-,38+/m0/s1. The number of nitro groups is 1. The van der Waals surface area contributed by atoms with Gasteiger partial charge in [-0.1, -0.05) is 54.7 Å². The highest BCUT2D eigenvalue weighted by atomic mass is 28.3. The molecule has 0 bridgehead atoms. The van der Waals surface area contributed by atoms with E-state index in [1.165, 1.54) is 17.3 Å². The molecule has 0 aliphatic carbocycles. The van der Waals surface area contributed by atoms with Gasteiger partial charge in [0.05, 0.1) is 44.1 Å². The summed E-state index contributed by atoms with van der Waals surface area (Å²) < 4.78 is 14.4. The molecular weight excluding hydrogens is 681 g/mol. The molecule has 4 heterocycles. The van der Waals surface area contributed by atoms with Crippen LogP contribution in [0.25, 0.3) is 0 Å². The van der Waals surface area contributed by atoms with Gasteiger partial charge in [-0.3, -0.25) is 24.4 Å². The quantitative estimate of drug-likeness (QED) is 0.124. The van der Waals surface area contributed by atoms with E-state index in [9.17, 15) is 20.0 Å². The SMILES string of the molecule is COc1ccc([Si](C)(C)[C@@H]2[C@@H](CCn3cc(CCO)nn3)O[C@]3(C(=O)N(Cc4cccc(N5CCCC5=O)c4)c4ccc([N+](=O)[O-])cc43)[C@H]2C)cc1. The minimum Gasteiger partial charge on any atom is -0.497 e. The maximum atomic E-state index is 15.2. The summed E-state index contributed by atoms with van der Waals surface area (Å²) in [4.78, 5) is 42.9. The van der Waals surface area contributed by atoms with Crippen LogP contribution in [0.4, 0.5) is 17.1 Å². The lowest BCUT2D eigenvalue weighted by Crippen LogP contribution is -2.51. The highest BCUT2D eigenvalue weighted by Gasteiger charge is 2.66. The van der Waals surface area contributed by atoms with Crippen LogP contribution in [0.1, 0.15) is 43.0 Å². The van der Waals surface area contributed by atoms with Crippen LogP contribution in [-0.2, 0) is 39.4 Å². The number of fused-ring (bicyclic) bond motifs is 2. The number of nitro benzene ring substituents is 1. The minimum absolute atomic E-state index is 0.0287. The number of carbonyl (C=O) groups excluding carboxylic acids is 2. The molecule has 14 heteroatoms. The molecule has 2 saturated heterocycles. The lowest BCUT2D eigenvalue weighted by molar-refractivity contribution is -0.385. The Labute approximate surface area is 303 Å². The second kappa shape index (κ2) is 13.9. The van der Waals surface area contributed by atoms with Crippen molar-refractivity contribution in [2.45, 2.75) is 76.0 Å². The fourth-order valence-corrected chi connectivity index (χ4v) is 12.8. The molecule has 1 N–H and O–H groups in total. The summed E-state index contributed by atoms with van der Waals surface area (Å²) in [6.07, 6.45) is 3.65. The van der Waals surface area contributed by atoms with Gasteiger partial charge < -0.3 is 24.4 Å². The first-order valence-corrected chi connectivity index (χ1v) is 20.9. The number of hydrogen-bond acceptors (Lipinski definition) is 9. The Kier molecular flexibility index (Phi) is 9.48. The van der Waals surface area contributed by atoms with E-state index in [2.05, 4.69) is 42.5 Å². The van der Waals surface area contributed by atoms with Crippen LogP contribution in [0.5, 0.6) is 5.75 Å². The van der Waals surface area contributed by atoms with Gasteiger partial charge in [0.2, 0.25) is 5.91 Å². The Morgan fingerprint density at radius 1 is 1.12 bits per heavy atom. The fourth-order valence-electron chi connectivity index (χ4n) is 8.70. The van der Waals surface area contributed by atoms with E-state index in [1.54, 1.807) is 27.7 Å². The van der Waals surface area contributed by atoms with Gasteiger partial charge in [-0.25, -0.2) is 0 Å². The summed E-state index contributed by atoms with van der Waals surface area (Å²) in [6, 6.07) is 20.4. The number of benzene rings is 3. The van der Waals surface area contributed by atoms with Crippen LogP contribution in [-0.4, -0.2) is 71.3 Å². The van der Waals surface area contributed by atoms with Crippen molar-refractivity contribution in [3.63, 3.8) is 0 Å². The third-order valence-electron chi connectivity index (χ3n) is 11.3. The van der Waals surface area contributed by atoms with Crippen LogP contribution in [0.2, 0.25) is 18.6 Å². The van der Waals surface area contributed by atoms with Crippen molar-refractivity contribution in [2.24, 2.45) is 5.92 Å². The highest BCUT2D eigenvalue weighted by Crippen LogP contribution is 2.60. The number of non-ortho nitro benzene ring substituents is 1. The fraction of sp³-hybridized carbons (Fsp3) is 0.421. The average molecular weight is 725 g/mol. The Morgan fingerprint density at radius 2 is 1.90 bits per heavy atom. The molecule has 0 radical (unpaired) electrons. The third kappa shape index (κ3) is 6.07. The number of rotatable bonds is 12. The van der Waals surface area contributed by atoms with Gasteiger partial charge >= 0.3 is 0 Å². The zero-order chi connectivity index (χ0) is 36.8.